The average molecular weight is 255 g/mol. The molecular formula is C10H17N5O3. The molecule has 4 N–H and O–H groups in total. The molecule has 0 aliphatic heterocycles. The number of nitrogens with two attached hydrogens (primary N) is 1. The van der Waals surface area contributed by atoms with Gasteiger partial charge in [-0.05, 0) is 13.8 Å². The molecule has 18 heavy (non-hydrogen) atoms. The summed E-state index contributed by atoms with van der Waals surface area (Å²) < 4.78 is 4.80. The molecule has 1 amide bonds. The van der Waals surface area contributed by atoms with Crippen molar-refractivity contribution >= 4 is 11.7 Å². The summed E-state index contributed by atoms with van der Waals surface area (Å²) in [5, 5.41) is 17.8. The molecular weight excluding hydrogens is 238 g/mol. The topological polar surface area (TPSA) is 127 Å². The third-order valence-corrected chi connectivity index (χ3v) is 2.52. The fourth-order valence-electron chi connectivity index (χ4n) is 1.19. The second-order valence-electron chi connectivity index (χ2n) is 4.35. The Balaban J connectivity index is 2.47. The summed E-state index contributed by atoms with van der Waals surface area (Å²) in [6.45, 7) is 5.17. The molecule has 0 radical (unpaired) electrons. The summed E-state index contributed by atoms with van der Waals surface area (Å²) in [5.74, 6) is 0.524. The molecule has 0 unspecified atom stereocenters. The lowest BCUT2D eigenvalue weighted by molar-refractivity contribution is -0.126. The minimum Gasteiger partial charge on any atom is -0.409 e. The van der Waals surface area contributed by atoms with Crippen LogP contribution >= 0.6 is 0 Å². The number of aromatic nitrogens is 2. The van der Waals surface area contributed by atoms with Crippen LogP contribution < -0.4 is 11.1 Å². The first-order valence-electron chi connectivity index (χ1n) is 5.43. The Morgan fingerprint density at radius 3 is 2.78 bits per heavy atom. The molecule has 100 valence electrons. The molecule has 0 spiro atoms. The molecule has 1 rings (SSSR count). The van der Waals surface area contributed by atoms with E-state index < -0.39 is 5.41 Å². The number of nitrogens with zero attached hydrogens (tertiary/aromatic N) is 3. The zero-order valence-corrected chi connectivity index (χ0v) is 10.6. The van der Waals surface area contributed by atoms with Crippen molar-refractivity contribution in [1.82, 2.24) is 15.5 Å². The van der Waals surface area contributed by atoms with Crippen molar-refractivity contribution in [3.8, 4) is 0 Å². The highest BCUT2D eigenvalue weighted by Gasteiger charge is 2.32. The summed E-state index contributed by atoms with van der Waals surface area (Å²) in [6, 6.07) is 0. The maximum atomic E-state index is 11.8. The Kier molecular flexibility index (Phi) is 4.24. The van der Waals surface area contributed by atoms with Gasteiger partial charge in [0.2, 0.25) is 11.8 Å². The largest absolute Gasteiger partial charge is 0.409 e. The van der Waals surface area contributed by atoms with Crippen LogP contribution in [0.15, 0.2) is 9.68 Å². The zero-order valence-electron chi connectivity index (χ0n) is 10.6. The molecule has 0 aliphatic carbocycles. The highest BCUT2D eigenvalue weighted by molar-refractivity contribution is 6.05. The monoisotopic (exact) mass is 255 g/mol. The zero-order chi connectivity index (χ0) is 13.8. The first kappa shape index (κ1) is 13.9. The predicted octanol–water partition coefficient (Wildman–Crippen LogP) is -0.191. The third kappa shape index (κ3) is 3.19. The van der Waals surface area contributed by atoms with Crippen LogP contribution in [0, 0.1) is 12.3 Å². The molecule has 1 aromatic rings. The van der Waals surface area contributed by atoms with E-state index in [9.17, 15) is 4.79 Å². The predicted molar refractivity (Wildman–Crippen MR) is 62.9 cm³/mol. The van der Waals surface area contributed by atoms with E-state index in [2.05, 4.69) is 20.6 Å². The fraction of sp³-hybridized carbons (Fsp3) is 0.600. The maximum absolute atomic E-state index is 11.8. The molecule has 0 bridgehead atoms. The number of oxime groups is 1. The van der Waals surface area contributed by atoms with E-state index in [1.54, 1.807) is 20.8 Å². The number of carbonyl (C=O) groups is 1. The molecule has 1 heterocycles. The molecule has 0 saturated carbocycles. The summed E-state index contributed by atoms with van der Waals surface area (Å²) in [5.41, 5.74) is 4.37. The van der Waals surface area contributed by atoms with Crippen LogP contribution in [0.2, 0.25) is 0 Å². The van der Waals surface area contributed by atoms with Gasteiger partial charge < -0.3 is 20.8 Å². The van der Waals surface area contributed by atoms with Gasteiger partial charge in [-0.15, -0.1) is 0 Å². The highest BCUT2D eigenvalue weighted by atomic mass is 16.5. The number of hydrogen-bond donors (Lipinski definition) is 3. The van der Waals surface area contributed by atoms with Gasteiger partial charge in [-0.25, -0.2) is 0 Å². The Labute approximate surface area is 104 Å². The number of hydrogen-bond acceptors (Lipinski definition) is 6. The van der Waals surface area contributed by atoms with Crippen LogP contribution in [0.1, 0.15) is 25.6 Å². The van der Waals surface area contributed by atoms with Crippen molar-refractivity contribution < 1.29 is 14.5 Å². The van der Waals surface area contributed by atoms with Gasteiger partial charge in [-0.1, -0.05) is 10.3 Å². The van der Waals surface area contributed by atoms with Gasteiger partial charge in [-0.2, -0.15) is 4.98 Å². The SMILES string of the molecule is Cc1nc(CCNC(=O)C(C)(C)C(N)=NO)no1. The van der Waals surface area contributed by atoms with E-state index in [0.29, 0.717) is 24.7 Å². The summed E-state index contributed by atoms with van der Waals surface area (Å²) >= 11 is 0. The molecule has 0 aromatic carbocycles. The van der Waals surface area contributed by atoms with Crippen LogP contribution in [-0.2, 0) is 11.2 Å². The Morgan fingerprint density at radius 1 is 1.61 bits per heavy atom. The molecule has 0 aliphatic rings. The lowest BCUT2D eigenvalue weighted by Crippen LogP contribution is -2.46. The lowest BCUT2D eigenvalue weighted by atomic mass is 9.91. The summed E-state index contributed by atoms with van der Waals surface area (Å²) in [6.07, 6.45) is 0.454. The Bertz CT molecular complexity index is 452. The summed E-state index contributed by atoms with van der Waals surface area (Å²) in [7, 11) is 0. The molecule has 8 heteroatoms. The molecule has 8 nitrogen and oxygen atoms in total. The van der Waals surface area contributed by atoms with Crippen molar-refractivity contribution in [3.05, 3.63) is 11.7 Å². The van der Waals surface area contributed by atoms with E-state index in [4.69, 9.17) is 15.5 Å². The van der Waals surface area contributed by atoms with E-state index in [-0.39, 0.29) is 11.7 Å². The number of rotatable bonds is 5. The van der Waals surface area contributed by atoms with Crippen LogP contribution in [0.5, 0.6) is 0 Å². The lowest BCUT2D eigenvalue weighted by Gasteiger charge is -2.21. The van der Waals surface area contributed by atoms with Crippen molar-refractivity contribution in [2.75, 3.05) is 6.54 Å². The Morgan fingerprint density at radius 2 is 2.28 bits per heavy atom. The van der Waals surface area contributed by atoms with Gasteiger partial charge in [-0.3, -0.25) is 4.79 Å². The van der Waals surface area contributed by atoms with Gasteiger partial charge in [0.05, 0.1) is 0 Å². The van der Waals surface area contributed by atoms with Crippen LogP contribution in [0.3, 0.4) is 0 Å². The highest BCUT2D eigenvalue weighted by Crippen LogP contribution is 2.14. The van der Waals surface area contributed by atoms with Crippen LogP contribution in [0.25, 0.3) is 0 Å². The number of aryl methyl sites for hydroxylation is 1. The minimum atomic E-state index is -1.07. The van der Waals surface area contributed by atoms with Gasteiger partial charge in [0, 0.05) is 19.9 Å². The smallest absolute Gasteiger partial charge is 0.233 e. The van der Waals surface area contributed by atoms with Crippen molar-refractivity contribution in [3.63, 3.8) is 0 Å². The quantitative estimate of drug-likeness (QED) is 0.289. The normalized spacial score (nSPS) is 12.5. The first-order chi connectivity index (χ1) is 8.37. The fourth-order valence-corrected chi connectivity index (χ4v) is 1.19. The standard InChI is InChI=1S/C10H17N5O3/c1-6-13-7(15-18-6)4-5-12-9(16)10(2,3)8(11)14-17/h17H,4-5H2,1-3H3,(H2,11,14)(H,12,16). The van der Waals surface area contributed by atoms with E-state index in [1.165, 1.54) is 0 Å². The Hall–Kier alpha value is -2.12. The summed E-state index contributed by atoms with van der Waals surface area (Å²) in [4.78, 5) is 15.8. The maximum Gasteiger partial charge on any atom is 0.233 e. The van der Waals surface area contributed by atoms with Gasteiger partial charge >= 0.3 is 0 Å². The molecule has 0 saturated heterocycles. The average Bonchev–Trinajstić information content (AvgIpc) is 2.73. The van der Waals surface area contributed by atoms with Gasteiger partial charge in [0.25, 0.3) is 0 Å². The van der Waals surface area contributed by atoms with Crippen molar-refractivity contribution in [2.45, 2.75) is 27.2 Å². The second-order valence-corrected chi connectivity index (χ2v) is 4.35. The van der Waals surface area contributed by atoms with Gasteiger partial charge in [0.15, 0.2) is 11.7 Å². The minimum absolute atomic E-state index is 0.143. The number of amides is 1. The second kappa shape index (κ2) is 5.48. The van der Waals surface area contributed by atoms with Crippen molar-refractivity contribution in [2.24, 2.45) is 16.3 Å². The molecule has 0 atom stereocenters. The van der Waals surface area contributed by atoms with Crippen LogP contribution in [-0.4, -0.2) is 33.6 Å². The number of carbonyl (C=O) groups excluding carboxylic acids is 1. The van der Waals surface area contributed by atoms with Gasteiger partial charge in [0.1, 0.15) is 5.41 Å². The molecule has 1 aromatic heterocycles. The third-order valence-electron chi connectivity index (χ3n) is 2.52. The number of amidine groups is 1. The van der Waals surface area contributed by atoms with E-state index in [0.717, 1.165) is 0 Å². The van der Waals surface area contributed by atoms with Crippen LogP contribution in [0.4, 0.5) is 0 Å². The number of nitrogens with one attached hydrogen (secondary N) is 1. The van der Waals surface area contributed by atoms with Crippen molar-refractivity contribution in [1.29, 1.82) is 0 Å². The first-order valence-corrected chi connectivity index (χ1v) is 5.43. The van der Waals surface area contributed by atoms with E-state index in [1.807, 2.05) is 0 Å². The molecule has 0 fully saturated rings. The van der Waals surface area contributed by atoms with E-state index >= 15 is 0 Å².